The molecule has 2 heterocycles. The van der Waals surface area contributed by atoms with Gasteiger partial charge in [0.2, 0.25) is 11.1 Å². The zero-order chi connectivity index (χ0) is 20.3. The van der Waals surface area contributed by atoms with Gasteiger partial charge in [-0.25, -0.2) is 4.68 Å². The molecule has 0 saturated carbocycles. The van der Waals surface area contributed by atoms with Gasteiger partial charge in [0.15, 0.2) is 5.82 Å². The number of carbonyl (C=O) groups is 1. The molecule has 0 aliphatic rings. The molecule has 2 aromatic heterocycles. The molecule has 0 saturated heterocycles. The molecule has 3 aromatic rings. The number of hydrogen-bond acceptors (Lipinski definition) is 6. The van der Waals surface area contributed by atoms with E-state index < -0.39 is 5.25 Å². The molecule has 0 radical (unpaired) electrons. The van der Waals surface area contributed by atoms with Crippen LogP contribution in [0.4, 0.5) is 5.69 Å². The van der Waals surface area contributed by atoms with Gasteiger partial charge in [-0.1, -0.05) is 43.8 Å². The van der Waals surface area contributed by atoms with Crippen LogP contribution in [0.25, 0.3) is 11.4 Å². The molecule has 2 atom stereocenters. The summed E-state index contributed by atoms with van der Waals surface area (Å²) in [6, 6.07) is 9.69. The number of nitrogens with zero attached hydrogens (tertiary/aromatic N) is 3. The number of nitrogen functional groups attached to an aromatic ring is 1. The van der Waals surface area contributed by atoms with Crippen LogP contribution in [-0.2, 0) is 4.79 Å². The van der Waals surface area contributed by atoms with Crippen LogP contribution in [0.5, 0.6) is 0 Å². The zero-order valence-corrected chi connectivity index (χ0v) is 17.3. The molecule has 148 valence electrons. The lowest BCUT2D eigenvalue weighted by molar-refractivity contribution is -0.115. The van der Waals surface area contributed by atoms with Crippen molar-refractivity contribution in [3.63, 3.8) is 0 Å². The molecule has 1 amide bonds. The largest absolute Gasteiger partial charge is 0.469 e. The van der Waals surface area contributed by atoms with E-state index in [1.807, 2.05) is 32.0 Å². The van der Waals surface area contributed by atoms with Gasteiger partial charge >= 0.3 is 0 Å². The molecule has 28 heavy (non-hydrogen) atoms. The number of aryl methyl sites for hydroxylation is 1. The molecule has 1 aromatic carbocycles. The average molecular weight is 400 g/mol. The number of nitrogens with one attached hydrogen (secondary N) is 1. The number of furan rings is 1. The summed E-state index contributed by atoms with van der Waals surface area (Å²) in [6.07, 6.45) is 2.58. The molecule has 0 fully saturated rings. The van der Waals surface area contributed by atoms with Crippen molar-refractivity contribution < 1.29 is 9.21 Å². The van der Waals surface area contributed by atoms with E-state index in [0.29, 0.717) is 22.7 Å². The lowest BCUT2D eigenvalue weighted by Crippen LogP contribution is -2.24. The molecule has 3 N–H and O–H groups in total. The molecular weight excluding hydrogens is 374 g/mol. The fourth-order valence-electron chi connectivity index (χ4n) is 2.86. The van der Waals surface area contributed by atoms with Gasteiger partial charge in [0, 0.05) is 5.69 Å². The molecule has 0 aliphatic carbocycles. The number of nitrogens with two attached hydrogens (primary N) is 1. The van der Waals surface area contributed by atoms with Crippen molar-refractivity contribution in [3.05, 3.63) is 47.9 Å². The first-order chi connectivity index (χ1) is 13.4. The maximum Gasteiger partial charge on any atom is 0.237 e. The van der Waals surface area contributed by atoms with Crippen molar-refractivity contribution in [2.45, 2.75) is 50.4 Å². The number of rotatable bonds is 7. The van der Waals surface area contributed by atoms with Crippen LogP contribution in [0.3, 0.4) is 0 Å². The Morgan fingerprint density at radius 1 is 1.29 bits per heavy atom. The van der Waals surface area contributed by atoms with Crippen molar-refractivity contribution in [1.82, 2.24) is 14.9 Å². The predicted octanol–water partition coefficient (Wildman–Crippen LogP) is 4.19. The Morgan fingerprint density at radius 3 is 2.71 bits per heavy atom. The van der Waals surface area contributed by atoms with Crippen molar-refractivity contribution in [2.75, 3.05) is 11.2 Å². The minimum atomic E-state index is -0.394. The number of para-hydroxylation sites is 1. The maximum atomic E-state index is 12.7. The second-order valence-electron chi connectivity index (χ2n) is 6.71. The van der Waals surface area contributed by atoms with E-state index in [4.69, 9.17) is 10.3 Å². The Kier molecular flexibility index (Phi) is 6.08. The highest BCUT2D eigenvalue weighted by atomic mass is 32.2. The van der Waals surface area contributed by atoms with E-state index in [2.05, 4.69) is 35.4 Å². The third-order valence-corrected chi connectivity index (χ3v) is 5.83. The Labute approximate surface area is 168 Å². The van der Waals surface area contributed by atoms with Gasteiger partial charge in [0.1, 0.15) is 5.76 Å². The van der Waals surface area contributed by atoms with Crippen LogP contribution in [0, 0.1) is 6.92 Å². The van der Waals surface area contributed by atoms with Crippen molar-refractivity contribution in [3.8, 4) is 11.4 Å². The number of benzene rings is 1. The second kappa shape index (κ2) is 8.52. The standard InChI is InChI=1S/C20H25N5O2S/c1-5-12(2)15-8-6-7-9-17(15)22-19(26)14(4)28-20-24-23-18(25(20)21)16-10-11-27-13(16)3/h6-12,14H,5,21H2,1-4H3,(H,22,26)/t12-,14+/m1/s1. The Balaban J connectivity index is 1.72. The normalized spacial score (nSPS) is 13.3. The summed E-state index contributed by atoms with van der Waals surface area (Å²) < 4.78 is 6.69. The first-order valence-corrected chi connectivity index (χ1v) is 10.1. The van der Waals surface area contributed by atoms with Crippen LogP contribution in [0.15, 0.2) is 46.2 Å². The van der Waals surface area contributed by atoms with E-state index in [1.54, 1.807) is 12.3 Å². The van der Waals surface area contributed by atoms with Crippen LogP contribution >= 0.6 is 11.8 Å². The topological polar surface area (TPSA) is 99.0 Å². The number of anilines is 1. The lowest BCUT2D eigenvalue weighted by Gasteiger charge is -2.17. The summed E-state index contributed by atoms with van der Waals surface area (Å²) in [5, 5.41) is 11.4. The molecule has 0 spiro atoms. The van der Waals surface area contributed by atoms with Gasteiger partial charge in [0.25, 0.3) is 0 Å². The first-order valence-electron chi connectivity index (χ1n) is 9.23. The van der Waals surface area contributed by atoms with E-state index in [0.717, 1.165) is 23.2 Å². The lowest BCUT2D eigenvalue weighted by atomic mass is 9.97. The highest BCUT2D eigenvalue weighted by molar-refractivity contribution is 8.00. The summed E-state index contributed by atoms with van der Waals surface area (Å²) in [6.45, 7) is 7.94. The third-order valence-electron chi connectivity index (χ3n) is 4.78. The summed E-state index contributed by atoms with van der Waals surface area (Å²) in [5.74, 6) is 7.62. The highest BCUT2D eigenvalue weighted by Crippen LogP contribution is 2.29. The van der Waals surface area contributed by atoms with Gasteiger partial charge in [-0.15, -0.1) is 10.2 Å². The van der Waals surface area contributed by atoms with Crippen LogP contribution in [-0.4, -0.2) is 26.0 Å². The van der Waals surface area contributed by atoms with Crippen molar-refractivity contribution in [2.24, 2.45) is 0 Å². The minimum Gasteiger partial charge on any atom is -0.469 e. The predicted molar refractivity (Wildman–Crippen MR) is 112 cm³/mol. The first kappa shape index (κ1) is 20.0. The van der Waals surface area contributed by atoms with Crippen molar-refractivity contribution >= 4 is 23.4 Å². The summed E-state index contributed by atoms with van der Waals surface area (Å²) in [7, 11) is 0. The molecule has 8 heteroatoms. The second-order valence-corrected chi connectivity index (χ2v) is 8.02. The molecular formula is C20H25N5O2S. The number of hydrogen-bond donors (Lipinski definition) is 2. The SMILES string of the molecule is CC[C@@H](C)c1ccccc1NC(=O)[C@H](C)Sc1nnc(-c2ccoc2C)n1N. The number of thioether (sulfide) groups is 1. The third kappa shape index (κ3) is 4.06. The van der Waals surface area contributed by atoms with E-state index in [9.17, 15) is 4.79 Å². The zero-order valence-electron chi connectivity index (χ0n) is 16.5. The summed E-state index contributed by atoms with van der Waals surface area (Å²) in [4.78, 5) is 12.7. The Bertz CT molecular complexity index is 965. The van der Waals surface area contributed by atoms with Crippen molar-refractivity contribution in [1.29, 1.82) is 0 Å². The average Bonchev–Trinajstić information content (AvgIpc) is 3.27. The quantitative estimate of drug-likeness (QED) is 0.456. The van der Waals surface area contributed by atoms with E-state index in [-0.39, 0.29) is 5.91 Å². The molecule has 0 bridgehead atoms. The fraction of sp³-hybridized carbons (Fsp3) is 0.350. The fourth-order valence-corrected chi connectivity index (χ4v) is 3.63. The molecule has 7 nitrogen and oxygen atoms in total. The molecule has 3 rings (SSSR count). The van der Waals surface area contributed by atoms with E-state index >= 15 is 0 Å². The smallest absolute Gasteiger partial charge is 0.237 e. The van der Waals surface area contributed by atoms with Crippen LogP contribution in [0.2, 0.25) is 0 Å². The highest BCUT2D eigenvalue weighted by Gasteiger charge is 2.22. The van der Waals surface area contributed by atoms with Gasteiger partial charge in [-0.2, -0.15) is 0 Å². The Morgan fingerprint density at radius 2 is 2.04 bits per heavy atom. The van der Waals surface area contributed by atoms with Gasteiger partial charge < -0.3 is 15.6 Å². The van der Waals surface area contributed by atoms with Crippen LogP contribution in [0.1, 0.15) is 44.4 Å². The summed E-state index contributed by atoms with van der Waals surface area (Å²) >= 11 is 1.26. The van der Waals surface area contributed by atoms with Gasteiger partial charge in [0.05, 0.1) is 17.1 Å². The molecule has 0 aliphatic heterocycles. The minimum absolute atomic E-state index is 0.107. The molecule has 0 unspecified atom stereocenters. The maximum absolute atomic E-state index is 12.7. The van der Waals surface area contributed by atoms with Gasteiger partial charge in [-0.3, -0.25) is 4.79 Å². The number of aromatic nitrogens is 3. The van der Waals surface area contributed by atoms with Crippen LogP contribution < -0.4 is 11.2 Å². The monoisotopic (exact) mass is 399 g/mol. The Hall–Kier alpha value is -2.74. The number of carbonyl (C=O) groups excluding carboxylic acids is 1. The van der Waals surface area contributed by atoms with Gasteiger partial charge in [-0.05, 0) is 43.9 Å². The van der Waals surface area contributed by atoms with E-state index in [1.165, 1.54) is 16.4 Å². The number of amides is 1. The summed E-state index contributed by atoms with van der Waals surface area (Å²) in [5.41, 5.74) is 2.76.